The predicted molar refractivity (Wildman–Crippen MR) is 141 cm³/mol. The fraction of sp³-hybridized carbons (Fsp3) is 0.500. The summed E-state index contributed by atoms with van der Waals surface area (Å²) < 4.78 is 0. The van der Waals surface area contributed by atoms with E-state index in [4.69, 9.17) is 0 Å². The Hall–Kier alpha value is -2.08. The number of rotatable bonds is 7. The van der Waals surface area contributed by atoms with Crippen LogP contribution in [0.5, 0.6) is 0 Å². The topological polar surface area (TPSA) is 0 Å². The highest BCUT2D eigenvalue weighted by Crippen LogP contribution is 2.51. The molecule has 0 fully saturated rings. The maximum Gasteiger partial charge on any atom is 0.00631 e. The van der Waals surface area contributed by atoms with Crippen molar-refractivity contribution in [3.8, 4) is 0 Å². The van der Waals surface area contributed by atoms with Crippen molar-refractivity contribution in [2.75, 3.05) is 0 Å². The first-order chi connectivity index (χ1) is 15.3. The maximum absolute atomic E-state index is 2.56. The molecule has 32 heavy (non-hydrogen) atoms. The smallest absolute Gasteiger partial charge is 0.00631 e. The molecule has 4 rings (SSSR count). The normalized spacial score (nSPS) is 21.1. The van der Waals surface area contributed by atoms with E-state index in [2.05, 4.69) is 91.8 Å². The maximum atomic E-state index is 2.56. The van der Waals surface area contributed by atoms with Crippen LogP contribution in [0.1, 0.15) is 110 Å². The first kappa shape index (κ1) is 23.1. The standard InChI is InChI=1S/C32H42/c1-9-19(3)27-17-29-21(5)11-13-23(7)31(29)25(27)15-16-26-28(20(4)10-2)18-30-22(6)12-14-24(8)32(26)30/h11-14,17-20,25-26H,9-10,15-16H2,1-8H3. The van der Waals surface area contributed by atoms with Crippen LogP contribution in [0, 0.1) is 39.5 Å². The van der Waals surface area contributed by atoms with Crippen molar-refractivity contribution in [3.05, 3.63) is 79.9 Å². The average molecular weight is 427 g/mol. The van der Waals surface area contributed by atoms with Gasteiger partial charge in [0.15, 0.2) is 0 Å². The summed E-state index contributed by atoms with van der Waals surface area (Å²) in [6.07, 6.45) is 10.0. The van der Waals surface area contributed by atoms with Crippen molar-refractivity contribution in [1.29, 1.82) is 0 Å². The van der Waals surface area contributed by atoms with Gasteiger partial charge in [-0.15, -0.1) is 0 Å². The van der Waals surface area contributed by atoms with Gasteiger partial charge in [-0.25, -0.2) is 0 Å². The monoisotopic (exact) mass is 426 g/mol. The van der Waals surface area contributed by atoms with Crippen LogP contribution in [0.15, 0.2) is 35.4 Å². The van der Waals surface area contributed by atoms with Crippen LogP contribution >= 0.6 is 0 Å². The molecule has 4 atom stereocenters. The molecule has 0 bridgehead atoms. The Balaban J connectivity index is 1.71. The van der Waals surface area contributed by atoms with Gasteiger partial charge in [-0.1, -0.05) is 75.3 Å². The van der Waals surface area contributed by atoms with E-state index in [1.54, 1.807) is 22.3 Å². The number of aryl methyl sites for hydroxylation is 4. The Kier molecular flexibility index (Phi) is 6.53. The molecule has 0 spiro atoms. The van der Waals surface area contributed by atoms with Crippen molar-refractivity contribution < 1.29 is 0 Å². The van der Waals surface area contributed by atoms with Gasteiger partial charge in [0.2, 0.25) is 0 Å². The van der Waals surface area contributed by atoms with Gasteiger partial charge in [-0.05, 0) is 110 Å². The fourth-order valence-electron chi connectivity index (χ4n) is 6.28. The zero-order valence-corrected chi connectivity index (χ0v) is 21.6. The summed E-state index contributed by atoms with van der Waals surface area (Å²) in [7, 11) is 0. The fourth-order valence-corrected chi connectivity index (χ4v) is 6.28. The molecule has 0 aromatic heterocycles. The molecule has 0 amide bonds. The third kappa shape index (κ3) is 3.81. The van der Waals surface area contributed by atoms with Crippen molar-refractivity contribution >= 4 is 12.2 Å². The number of hydrogen-bond acceptors (Lipinski definition) is 0. The molecule has 0 nitrogen and oxygen atoms in total. The lowest BCUT2D eigenvalue weighted by molar-refractivity contribution is 0.518. The molecule has 0 radical (unpaired) electrons. The summed E-state index contributed by atoms with van der Waals surface area (Å²) >= 11 is 0. The number of benzene rings is 2. The van der Waals surface area contributed by atoms with E-state index in [1.807, 2.05) is 0 Å². The Morgan fingerprint density at radius 3 is 1.28 bits per heavy atom. The van der Waals surface area contributed by atoms with E-state index in [9.17, 15) is 0 Å². The first-order valence-corrected chi connectivity index (χ1v) is 12.9. The molecule has 2 aliphatic rings. The molecule has 0 heteroatoms. The second-order valence-corrected chi connectivity index (χ2v) is 10.6. The second kappa shape index (κ2) is 9.05. The molecule has 170 valence electrons. The van der Waals surface area contributed by atoms with Gasteiger partial charge in [0, 0.05) is 11.8 Å². The summed E-state index contributed by atoms with van der Waals surface area (Å²) in [5.41, 5.74) is 15.4. The largest absolute Gasteiger partial charge is 0.0648 e. The lowest BCUT2D eigenvalue weighted by Gasteiger charge is -2.27. The van der Waals surface area contributed by atoms with Crippen LogP contribution in [0.4, 0.5) is 0 Å². The van der Waals surface area contributed by atoms with Crippen LogP contribution in [0.25, 0.3) is 12.2 Å². The van der Waals surface area contributed by atoms with E-state index < -0.39 is 0 Å². The van der Waals surface area contributed by atoms with Gasteiger partial charge in [0.25, 0.3) is 0 Å². The highest BCUT2D eigenvalue weighted by molar-refractivity contribution is 5.72. The van der Waals surface area contributed by atoms with Crippen LogP contribution in [0.3, 0.4) is 0 Å². The third-order valence-electron chi connectivity index (χ3n) is 8.68. The van der Waals surface area contributed by atoms with Crippen LogP contribution in [-0.2, 0) is 0 Å². The molecular weight excluding hydrogens is 384 g/mol. The predicted octanol–water partition coefficient (Wildman–Crippen LogP) is 9.45. The zero-order chi connectivity index (χ0) is 23.2. The minimum absolute atomic E-state index is 0.576. The molecule has 2 aliphatic carbocycles. The molecule has 2 aromatic rings. The van der Waals surface area contributed by atoms with Crippen molar-refractivity contribution in [1.82, 2.24) is 0 Å². The highest BCUT2D eigenvalue weighted by Gasteiger charge is 2.34. The van der Waals surface area contributed by atoms with Crippen molar-refractivity contribution in [2.24, 2.45) is 11.8 Å². The number of allylic oxidation sites excluding steroid dienone is 2. The molecule has 0 aliphatic heterocycles. The van der Waals surface area contributed by atoms with Gasteiger partial charge in [-0.3, -0.25) is 0 Å². The minimum Gasteiger partial charge on any atom is -0.0648 e. The molecule has 0 heterocycles. The van der Waals surface area contributed by atoms with Crippen LogP contribution in [0.2, 0.25) is 0 Å². The molecule has 0 saturated carbocycles. The van der Waals surface area contributed by atoms with Crippen molar-refractivity contribution in [3.63, 3.8) is 0 Å². The third-order valence-corrected chi connectivity index (χ3v) is 8.68. The molecule has 2 aromatic carbocycles. The van der Waals surface area contributed by atoms with Gasteiger partial charge in [-0.2, -0.15) is 0 Å². The summed E-state index contributed by atoms with van der Waals surface area (Å²) in [5.74, 6) is 2.45. The van der Waals surface area contributed by atoms with Gasteiger partial charge >= 0.3 is 0 Å². The minimum atomic E-state index is 0.576. The van der Waals surface area contributed by atoms with Crippen LogP contribution in [-0.4, -0.2) is 0 Å². The van der Waals surface area contributed by atoms with E-state index in [-0.39, 0.29) is 0 Å². The Labute approximate surface area is 196 Å². The van der Waals surface area contributed by atoms with Gasteiger partial charge in [0.05, 0.1) is 0 Å². The summed E-state index contributed by atoms with van der Waals surface area (Å²) in [6.45, 7) is 18.8. The van der Waals surface area contributed by atoms with E-state index in [0.29, 0.717) is 23.7 Å². The molecule has 4 unspecified atom stereocenters. The quantitative estimate of drug-likeness (QED) is 0.413. The van der Waals surface area contributed by atoms with Crippen LogP contribution < -0.4 is 0 Å². The Bertz CT molecular complexity index is 990. The molecular formula is C32H42. The van der Waals surface area contributed by atoms with Gasteiger partial charge in [0.1, 0.15) is 0 Å². The average Bonchev–Trinajstić information content (AvgIpc) is 3.37. The highest BCUT2D eigenvalue weighted by atomic mass is 14.4. The summed E-state index contributed by atoms with van der Waals surface area (Å²) in [5, 5.41) is 0. The lowest BCUT2D eigenvalue weighted by atomic mass is 9.77. The molecule has 0 saturated heterocycles. The number of hydrogen-bond donors (Lipinski definition) is 0. The SMILES string of the molecule is CCC(C)C1=Cc2c(C)ccc(C)c2C1CCC1C(C(C)CC)=Cc2c(C)ccc(C)c21. The Morgan fingerprint density at radius 2 is 0.938 bits per heavy atom. The first-order valence-electron chi connectivity index (χ1n) is 12.9. The number of fused-ring (bicyclic) bond motifs is 2. The zero-order valence-electron chi connectivity index (χ0n) is 21.6. The molecule has 0 N–H and O–H groups in total. The lowest BCUT2D eigenvalue weighted by Crippen LogP contribution is -2.12. The van der Waals surface area contributed by atoms with Gasteiger partial charge < -0.3 is 0 Å². The summed E-state index contributed by atoms with van der Waals surface area (Å²) in [4.78, 5) is 0. The van der Waals surface area contributed by atoms with E-state index in [0.717, 1.165) is 0 Å². The second-order valence-electron chi connectivity index (χ2n) is 10.6. The van der Waals surface area contributed by atoms with E-state index in [1.165, 1.54) is 59.1 Å². The van der Waals surface area contributed by atoms with Crippen molar-refractivity contribution in [2.45, 2.75) is 92.9 Å². The van der Waals surface area contributed by atoms with E-state index >= 15 is 0 Å². The summed E-state index contributed by atoms with van der Waals surface area (Å²) in [6, 6.07) is 9.31. The Morgan fingerprint density at radius 1 is 0.594 bits per heavy atom.